The van der Waals surface area contributed by atoms with Crippen molar-refractivity contribution in [1.29, 1.82) is 0 Å². The largest absolute Gasteiger partial charge is 0.378 e. The highest BCUT2D eigenvalue weighted by molar-refractivity contribution is 8.14. The minimum Gasteiger partial charge on any atom is -0.378 e. The average molecular weight is 362 g/mol. The maximum Gasteiger partial charge on any atom is 0.157 e. The van der Waals surface area contributed by atoms with Crippen LogP contribution in [0.5, 0.6) is 0 Å². The molecule has 5 nitrogen and oxygen atoms in total. The van der Waals surface area contributed by atoms with Gasteiger partial charge in [-0.1, -0.05) is 0 Å². The molecule has 0 bridgehead atoms. The van der Waals surface area contributed by atoms with Crippen LogP contribution in [0, 0.1) is 17.6 Å². The van der Waals surface area contributed by atoms with Crippen LogP contribution in [0.1, 0.15) is 18.4 Å². The molecule has 1 aromatic carbocycles. The summed E-state index contributed by atoms with van der Waals surface area (Å²) in [6.07, 6.45) is 6.08. The SMILES string of the molecule is NC1=NC[C@H]2CCCO[C@@]2(c2cc(-c3cncnc3)c(F)cc2F)S1. The second kappa shape index (κ2) is 6.34. The summed E-state index contributed by atoms with van der Waals surface area (Å²) in [6.45, 7) is 0.969. The molecule has 2 N–H and O–H groups in total. The average Bonchev–Trinajstić information content (AvgIpc) is 2.62. The summed E-state index contributed by atoms with van der Waals surface area (Å²) in [5.41, 5.74) is 6.92. The highest BCUT2D eigenvalue weighted by Crippen LogP contribution is 2.52. The first-order valence-electron chi connectivity index (χ1n) is 7.98. The fraction of sp³-hybridized carbons (Fsp3) is 0.353. The Morgan fingerprint density at radius 1 is 1.20 bits per heavy atom. The minimum absolute atomic E-state index is 0.0154. The molecule has 0 unspecified atom stereocenters. The molecule has 3 heterocycles. The van der Waals surface area contributed by atoms with Crippen molar-refractivity contribution in [3.05, 3.63) is 48.1 Å². The third kappa shape index (κ3) is 2.79. The van der Waals surface area contributed by atoms with E-state index in [-0.39, 0.29) is 11.5 Å². The summed E-state index contributed by atoms with van der Waals surface area (Å²) in [6, 6.07) is 2.39. The second-order valence-corrected chi connectivity index (χ2v) is 7.30. The van der Waals surface area contributed by atoms with Crippen LogP contribution in [0.15, 0.2) is 35.8 Å². The molecule has 130 valence electrons. The molecule has 0 aliphatic carbocycles. The first-order valence-corrected chi connectivity index (χ1v) is 8.79. The topological polar surface area (TPSA) is 73.4 Å². The molecular formula is C17H16F2N4OS. The normalized spacial score (nSPS) is 26.0. The lowest BCUT2D eigenvalue weighted by Gasteiger charge is -2.45. The highest BCUT2D eigenvalue weighted by Gasteiger charge is 2.49. The summed E-state index contributed by atoms with van der Waals surface area (Å²) in [7, 11) is 0. The van der Waals surface area contributed by atoms with Gasteiger partial charge >= 0.3 is 0 Å². The molecule has 0 saturated carbocycles. The Bertz CT molecular complexity index is 833. The van der Waals surface area contributed by atoms with Crippen LogP contribution in [0.4, 0.5) is 8.78 Å². The predicted molar refractivity (Wildman–Crippen MR) is 91.8 cm³/mol. The van der Waals surface area contributed by atoms with Crippen LogP contribution >= 0.6 is 11.8 Å². The quantitative estimate of drug-likeness (QED) is 0.889. The lowest BCUT2D eigenvalue weighted by Crippen LogP contribution is -2.45. The Balaban J connectivity index is 1.88. The maximum absolute atomic E-state index is 14.8. The van der Waals surface area contributed by atoms with Gasteiger partial charge in [0.05, 0.1) is 0 Å². The van der Waals surface area contributed by atoms with Crippen LogP contribution < -0.4 is 5.73 Å². The smallest absolute Gasteiger partial charge is 0.157 e. The van der Waals surface area contributed by atoms with Crippen molar-refractivity contribution in [3.63, 3.8) is 0 Å². The molecule has 1 fully saturated rings. The fourth-order valence-electron chi connectivity index (χ4n) is 3.40. The van der Waals surface area contributed by atoms with Crippen molar-refractivity contribution in [3.8, 4) is 11.1 Å². The third-order valence-corrected chi connectivity index (χ3v) is 5.89. The first kappa shape index (κ1) is 16.4. The number of ether oxygens (including phenoxy) is 1. The van der Waals surface area contributed by atoms with E-state index in [1.807, 2.05) is 0 Å². The van der Waals surface area contributed by atoms with Gasteiger partial charge < -0.3 is 10.5 Å². The molecule has 0 radical (unpaired) electrons. The monoisotopic (exact) mass is 362 g/mol. The van der Waals surface area contributed by atoms with Gasteiger partial charge in [0, 0.05) is 54.2 Å². The van der Waals surface area contributed by atoms with E-state index in [0.717, 1.165) is 18.9 Å². The number of amidine groups is 1. The number of aromatic nitrogens is 2. The zero-order valence-corrected chi connectivity index (χ0v) is 14.1. The molecule has 2 aromatic rings. The van der Waals surface area contributed by atoms with Crippen LogP contribution in [0.2, 0.25) is 0 Å². The fourth-order valence-corrected chi connectivity index (χ4v) is 4.62. The number of fused-ring (bicyclic) bond motifs is 1. The van der Waals surface area contributed by atoms with E-state index in [9.17, 15) is 8.78 Å². The van der Waals surface area contributed by atoms with Crippen LogP contribution in [0.3, 0.4) is 0 Å². The minimum atomic E-state index is -0.980. The summed E-state index contributed by atoms with van der Waals surface area (Å²) >= 11 is 1.21. The molecule has 2 aliphatic rings. The van der Waals surface area contributed by atoms with Crippen molar-refractivity contribution in [2.45, 2.75) is 17.8 Å². The molecule has 1 saturated heterocycles. The zero-order valence-electron chi connectivity index (χ0n) is 13.3. The maximum atomic E-state index is 14.8. The molecule has 2 aliphatic heterocycles. The molecule has 0 spiro atoms. The van der Waals surface area contributed by atoms with E-state index < -0.39 is 16.6 Å². The number of hydrogen-bond donors (Lipinski definition) is 1. The number of nitrogens with two attached hydrogens (primary N) is 1. The zero-order chi connectivity index (χ0) is 17.4. The molecule has 25 heavy (non-hydrogen) atoms. The van der Waals surface area contributed by atoms with E-state index >= 15 is 0 Å². The van der Waals surface area contributed by atoms with Crippen LogP contribution in [0.25, 0.3) is 11.1 Å². The molecule has 4 rings (SSSR count). The lowest BCUT2D eigenvalue weighted by molar-refractivity contribution is -0.0562. The number of rotatable bonds is 2. The Kier molecular flexibility index (Phi) is 4.16. The Labute approximate surface area is 147 Å². The molecule has 8 heteroatoms. The first-order chi connectivity index (χ1) is 12.1. The lowest BCUT2D eigenvalue weighted by atomic mass is 9.87. The van der Waals surface area contributed by atoms with Gasteiger partial charge in [-0.05, 0) is 30.7 Å². The number of aliphatic imine (C=N–C) groups is 1. The van der Waals surface area contributed by atoms with E-state index in [1.165, 1.54) is 36.5 Å². The van der Waals surface area contributed by atoms with Crippen molar-refractivity contribution in [2.75, 3.05) is 13.2 Å². The molecule has 0 amide bonds. The van der Waals surface area contributed by atoms with Crippen molar-refractivity contribution < 1.29 is 13.5 Å². The van der Waals surface area contributed by atoms with E-state index in [2.05, 4.69) is 15.0 Å². The molecule has 1 aromatic heterocycles. The summed E-state index contributed by atoms with van der Waals surface area (Å²) in [5, 5.41) is 0.353. The van der Waals surface area contributed by atoms with Gasteiger partial charge in [0.25, 0.3) is 0 Å². The standard InChI is InChI=1S/C17H16F2N4OS/c18-14-5-15(19)13(4-12(14)10-6-21-9-22-7-10)17-11(2-1-3-24-17)8-23-16(20)25-17/h4-7,9,11H,1-3,8H2,(H2,20,23)/t11-,17-/m1/s1. The number of benzene rings is 1. The van der Waals surface area contributed by atoms with Crippen molar-refractivity contribution >= 4 is 16.9 Å². The van der Waals surface area contributed by atoms with Gasteiger partial charge in [0.15, 0.2) is 10.1 Å². The van der Waals surface area contributed by atoms with Crippen molar-refractivity contribution in [2.24, 2.45) is 16.6 Å². The van der Waals surface area contributed by atoms with E-state index in [1.54, 1.807) is 0 Å². The van der Waals surface area contributed by atoms with Crippen molar-refractivity contribution in [1.82, 2.24) is 9.97 Å². The van der Waals surface area contributed by atoms with Gasteiger partial charge in [-0.25, -0.2) is 18.7 Å². The van der Waals surface area contributed by atoms with Gasteiger partial charge in [-0.2, -0.15) is 0 Å². The predicted octanol–water partition coefficient (Wildman–Crippen LogP) is 3.06. The van der Waals surface area contributed by atoms with Gasteiger partial charge in [0.2, 0.25) is 0 Å². The number of hydrogen-bond acceptors (Lipinski definition) is 6. The number of halogens is 2. The molecular weight excluding hydrogens is 346 g/mol. The van der Waals surface area contributed by atoms with E-state index in [4.69, 9.17) is 10.5 Å². The second-order valence-electron chi connectivity index (χ2n) is 6.08. The van der Waals surface area contributed by atoms with Gasteiger partial charge in [-0.3, -0.25) is 4.99 Å². The number of thioether (sulfide) groups is 1. The Morgan fingerprint density at radius 2 is 2.00 bits per heavy atom. The third-order valence-electron chi connectivity index (χ3n) is 4.58. The number of nitrogens with zero attached hydrogens (tertiary/aromatic N) is 3. The van der Waals surface area contributed by atoms with Crippen LogP contribution in [-0.2, 0) is 9.67 Å². The highest BCUT2D eigenvalue weighted by atomic mass is 32.2. The van der Waals surface area contributed by atoms with Gasteiger partial charge in [-0.15, -0.1) is 0 Å². The van der Waals surface area contributed by atoms with Gasteiger partial charge in [0.1, 0.15) is 18.0 Å². The van der Waals surface area contributed by atoms with E-state index in [0.29, 0.717) is 29.4 Å². The Hall–Kier alpha value is -2.06. The summed E-state index contributed by atoms with van der Waals surface area (Å²) in [4.78, 5) is 11.1. The Morgan fingerprint density at radius 3 is 2.80 bits per heavy atom. The molecule has 2 atom stereocenters. The summed E-state index contributed by atoms with van der Waals surface area (Å²) in [5.74, 6) is -1.33. The summed E-state index contributed by atoms with van der Waals surface area (Å²) < 4.78 is 35.2. The van der Waals surface area contributed by atoms with Crippen LogP contribution in [-0.4, -0.2) is 28.3 Å².